The van der Waals surface area contributed by atoms with Crippen LogP contribution in [0.4, 0.5) is 0 Å². The van der Waals surface area contributed by atoms with Crippen LogP contribution in [0, 0.1) is 6.92 Å². The van der Waals surface area contributed by atoms with Crippen LogP contribution in [0.5, 0.6) is 5.75 Å². The molecule has 0 aliphatic heterocycles. The van der Waals surface area contributed by atoms with Crippen molar-refractivity contribution < 1.29 is 17.4 Å². The fraction of sp³-hybridized carbons (Fsp3) is 0.0769. The van der Waals surface area contributed by atoms with Crippen LogP contribution in [-0.2, 0) is 10.1 Å². The largest absolute Gasteiger partial charge is 0.377 e. The highest BCUT2D eigenvalue weighted by molar-refractivity contribution is 7.87. The zero-order chi connectivity index (χ0) is 13.9. The monoisotopic (exact) mass is 277 g/mol. The van der Waals surface area contributed by atoms with Gasteiger partial charge < -0.3 is 4.18 Å². The highest BCUT2D eigenvalue weighted by Crippen LogP contribution is 2.20. The van der Waals surface area contributed by atoms with E-state index in [1.807, 2.05) is 6.92 Å². The van der Waals surface area contributed by atoms with Crippen molar-refractivity contribution in [3.05, 3.63) is 53.9 Å². The minimum absolute atomic E-state index is 0.0267. The zero-order valence-electron chi connectivity index (χ0n) is 10.1. The summed E-state index contributed by atoms with van der Waals surface area (Å²) in [5.41, 5.74) is 0.882. The van der Waals surface area contributed by atoms with Gasteiger partial charge >= 0.3 is 10.1 Å². The van der Waals surface area contributed by atoms with Gasteiger partial charge in [0.15, 0.2) is 12.0 Å². The molecule has 0 fully saturated rings. The predicted octanol–water partition coefficient (Wildman–Crippen LogP) is 1.97. The third-order valence-corrected chi connectivity index (χ3v) is 3.67. The molecule has 2 aromatic rings. The number of hydrogen-bond donors (Lipinski definition) is 0. The fourth-order valence-electron chi connectivity index (χ4n) is 1.43. The Labute approximate surface area is 111 Å². The Kier molecular flexibility index (Phi) is 3.62. The number of aldehydes is 1. The van der Waals surface area contributed by atoms with Crippen molar-refractivity contribution in [3.8, 4) is 5.75 Å². The van der Waals surface area contributed by atoms with Crippen molar-refractivity contribution >= 4 is 16.4 Å². The number of rotatable bonds is 4. The molecule has 0 saturated heterocycles. The molecule has 19 heavy (non-hydrogen) atoms. The molecule has 0 N–H and O–H groups in total. The molecule has 1 aromatic heterocycles. The molecule has 0 aliphatic carbocycles. The second-order valence-electron chi connectivity index (χ2n) is 3.86. The minimum atomic E-state index is -3.96. The van der Waals surface area contributed by atoms with E-state index in [-0.39, 0.29) is 16.3 Å². The number of aromatic nitrogens is 1. The lowest BCUT2D eigenvalue weighted by Crippen LogP contribution is -2.11. The highest BCUT2D eigenvalue weighted by Gasteiger charge is 2.18. The molecule has 0 amide bonds. The van der Waals surface area contributed by atoms with Crippen LogP contribution in [0.3, 0.4) is 0 Å². The normalized spacial score (nSPS) is 11.0. The standard InChI is InChI=1S/C13H11NO4S/c1-10-4-6-11(7-5-10)19(16,17)18-13-3-2-8-14-12(13)9-15/h2-9H,1H3. The van der Waals surface area contributed by atoms with Crippen molar-refractivity contribution in [2.24, 2.45) is 0 Å². The molecule has 0 aliphatic rings. The highest BCUT2D eigenvalue weighted by atomic mass is 32.2. The molecular formula is C13H11NO4S. The smallest absolute Gasteiger partial charge is 0.339 e. The summed E-state index contributed by atoms with van der Waals surface area (Å²) in [6, 6.07) is 9.10. The number of nitrogens with zero attached hydrogens (tertiary/aromatic N) is 1. The number of aryl methyl sites for hydroxylation is 1. The van der Waals surface area contributed by atoms with E-state index in [4.69, 9.17) is 4.18 Å². The first-order valence-corrected chi connectivity index (χ1v) is 6.85. The number of carbonyl (C=O) groups is 1. The average Bonchev–Trinajstić information content (AvgIpc) is 2.39. The van der Waals surface area contributed by atoms with Gasteiger partial charge in [0.25, 0.3) is 0 Å². The summed E-state index contributed by atoms with van der Waals surface area (Å²) in [6.45, 7) is 1.85. The molecule has 0 radical (unpaired) electrons. The summed E-state index contributed by atoms with van der Waals surface area (Å²) in [6.07, 6.45) is 1.83. The number of hydrogen-bond acceptors (Lipinski definition) is 5. The maximum absolute atomic E-state index is 12.0. The average molecular weight is 277 g/mol. The summed E-state index contributed by atoms with van der Waals surface area (Å²) < 4.78 is 29.0. The van der Waals surface area contributed by atoms with Crippen molar-refractivity contribution in [3.63, 3.8) is 0 Å². The van der Waals surface area contributed by atoms with Crippen LogP contribution in [0.25, 0.3) is 0 Å². The fourth-order valence-corrected chi connectivity index (χ4v) is 2.38. The second kappa shape index (κ2) is 5.19. The molecule has 1 heterocycles. The van der Waals surface area contributed by atoms with E-state index in [0.717, 1.165) is 5.56 Å². The Morgan fingerprint density at radius 2 is 1.84 bits per heavy atom. The zero-order valence-corrected chi connectivity index (χ0v) is 10.9. The van der Waals surface area contributed by atoms with E-state index in [9.17, 15) is 13.2 Å². The first-order chi connectivity index (χ1) is 9.03. The number of pyridine rings is 1. The molecule has 0 bridgehead atoms. The molecule has 98 valence electrons. The third kappa shape index (κ3) is 2.97. The first kappa shape index (κ1) is 13.2. The predicted molar refractivity (Wildman–Crippen MR) is 68.6 cm³/mol. The third-order valence-electron chi connectivity index (χ3n) is 2.42. The van der Waals surface area contributed by atoms with E-state index in [0.29, 0.717) is 6.29 Å². The van der Waals surface area contributed by atoms with Crippen molar-refractivity contribution in [1.29, 1.82) is 0 Å². The van der Waals surface area contributed by atoms with Gasteiger partial charge in [-0.25, -0.2) is 4.98 Å². The summed E-state index contributed by atoms with van der Waals surface area (Å²) >= 11 is 0. The van der Waals surface area contributed by atoms with Crippen LogP contribution in [0.1, 0.15) is 16.1 Å². The van der Waals surface area contributed by atoms with E-state index in [1.165, 1.54) is 30.5 Å². The summed E-state index contributed by atoms with van der Waals surface area (Å²) in [7, 11) is -3.96. The van der Waals surface area contributed by atoms with Gasteiger partial charge in [0, 0.05) is 6.20 Å². The lowest BCUT2D eigenvalue weighted by Gasteiger charge is -2.08. The summed E-state index contributed by atoms with van der Waals surface area (Å²) in [5, 5.41) is 0. The molecule has 0 spiro atoms. The second-order valence-corrected chi connectivity index (χ2v) is 5.40. The Morgan fingerprint density at radius 1 is 1.16 bits per heavy atom. The van der Waals surface area contributed by atoms with Crippen LogP contribution in [0.15, 0.2) is 47.5 Å². The van der Waals surface area contributed by atoms with E-state index in [1.54, 1.807) is 12.1 Å². The van der Waals surface area contributed by atoms with Gasteiger partial charge in [-0.1, -0.05) is 17.7 Å². The molecule has 0 atom stereocenters. The Balaban J connectivity index is 2.36. The van der Waals surface area contributed by atoms with E-state index in [2.05, 4.69) is 4.98 Å². The summed E-state index contributed by atoms with van der Waals surface area (Å²) in [4.78, 5) is 14.5. The molecule has 1 aromatic carbocycles. The van der Waals surface area contributed by atoms with Gasteiger partial charge in [-0.2, -0.15) is 8.42 Å². The lowest BCUT2D eigenvalue weighted by molar-refractivity contribution is 0.111. The maximum Gasteiger partial charge on any atom is 0.339 e. The van der Waals surface area contributed by atoms with Gasteiger partial charge in [-0.05, 0) is 31.2 Å². The van der Waals surface area contributed by atoms with Gasteiger partial charge in [0.05, 0.1) is 0 Å². The molecule has 0 unspecified atom stereocenters. The van der Waals surface area contributed by atoms with Crippen LogP contribution < -0.4 is 4.18 Å². The van der Waals surface area contributed by atoms with Gasteiger partial charge in [0.1, 0.15) is 10.6 Å². The SMILES string of the molecule is Cc1ccc(S(=O)(=O)Oc2cccnc2C=O)cc1. The van der Waals surface area contributed by atoms with Gasteiger partial charge in [-0.3, -0.25) is 4.79 Å². The van der Waals surface area contributed by atoms with Crippen molar-refractivity contribution in [2.45, 2.75) is 11.8 Å². The number of benzene rings is 1. The molecule has 0 saturated carbocycles. The van der Waals surface area contributed by atoms with Gasteiger partial charge in [0.2, 0.25) is 0 Å². The van der Waals surface area contributed by atoms with Crippen molar-refractivity contribution in [1.82, 2.24) is 4.98 Å². The summed E-state index contributed by atoms with van der Waals surface area (Å²) in [5.74, 6) is -0.0851. The first-order valence-electron chi connectivity index (χ1n) is 5.44. The van der Waals surface area contributed by atoms with Crippen LogP contribution in [-0.4, -0.2) is 19.7 Å². The molecular weight excluding hydrogens is 266 g/mol. The van der Waals surface area contributed by atoms with Gasteiger partial charge in [-0.15, -0.1) is 0 Å². The molecule has 2 rings (SSSR count). The Morgan fingerprint density at radius 3 is 2.47 bits per heavy atom. The topological polar surface area (TPSA) is 73.3 Å². The maximum atomic E-state index is 12.0. The van der Waals surface area contributed by atoms with Crippen LogP contribution in [0.2, 0.25) is 0 Å². The Hall–Kier alpha value is -2.21. The quantitative estimate of drug-likeness (QED) is 0.631. The van der Waals surface area contributed by atoms with E-state index >= 15 is 0 Å². The van der Waals surface area contributed by atoms with E-state index < -0.39 is 10.1 Å². The molecule has 6 heteroatoms. The minimum Gasteiger partial charge on any atom is -0.377 e. The van der Waals surface area contributed by atoms with Crippen molar-refractivity contribution in [2.75, 3.05) is 0 Å². The van der Waals surface area contributed by atoms with Crippen LogP contribution >= 0.6 is 0 Å². The number of carbonyl (C=O) groups excluding carboxylic acids is 1. The lowest BCUT2D eigenvalue weighted by atomic mass is 10.2. The Bertz CT molecular complexity index is 693. The molecule has 5 nitrogen and oxygen atoms in total.